The number of nitrogens with one attached hydrogen (secondary N) is 3. The molecule has 1 unspecified atom stereocenters. The fourth-order valence-electron chi connectivity index (χ4n) is 3.41. The van der Waals surface area contributed by atoms with Crippen LogP contribution in [0.4, 0.5) is 20.3 Å². The maximum atomic E-state index is 14.3. The Bertz CT molecular complexity index is 1520. The van der Waals surface area contributed by atoms with E-state index in [9.17, 15) is 13.6 Å². The molecule has 3 aromatic heterocycles. The highest BCUT2D eigenvalue weighted by Gasteiger charge is 2.23. The Balaban J connectivity index is 1.66. The SMILES string of the molecule is O=c1c2c(Cl)cccc2nc(C(CF)Nc2ncnc3[nH]cnc23)n1Nc1ccc(F)cc1. The summed E-state index contributed by atoms with van der Waals surface area (Å²) in [4.78, 5) is 33.1. The number of hydrogen-bond donors (Lipinski definition) is 3. The molecule has 0 radical (unpaired) electrons. The lowest BCUT2D eigenvalue weighted by Crippen LogP contribution is -2.34. The molecule has 5 rings (SSSR count). The van der Waals surface area contributed by atoms with Crippen LogP contribution in [-0.2, 0) is 0 Å². The van der Waals surface area contributed by atoms with Gasteiger partial charge >= 0.3 is 0 Å². The van der Waals surface area contributed by atoms with Crippen LogP contribution in [0, 0.1) is 5.82 Å². The fourth-order valence-corrected chi connectivity index (χ4v) is 3.66. The molecule has 3 N–H and O–H groups in total. The Labute approximate surface area is 189 Å². The Kier molecular flexibility index (Phi) is 5.31. The van der Waals surface area contributed by atoms with E-state index < -0.39 is 24.1 Å². The van der Waals surface area contributed by atoms with Gasteiger partial charge in [-0.15, -0.1) is 0 Å². The molecule has 0 aliphatic carbocycles. The van der Waals surface area contributed by atoms with Gasteiger partial charge < -0.3 is 10.3 Å². The van der Waals surface area contributed by atoms with Crippen LogP contribution in [0.2, 0.25) is 5.02 Å². The van der Waals surface area contributed by atoms with Crippen molar-refractivity contribution >= 4 is 45.2 Å². The average molecular weight is 469 g/mol. The molecule has 0 spiro atoms. The third-order valence-corrected chi connectivity index (χ3v) is 5.27. The number of rotatable bonds is 6. The fraction of sp³-hybridized carbons (Fsp3) is 0.0952. The minimum atomic E-state index is -1.09. The van der Waals surface area contributed by atoms with Crippen molar-refractivity contribution in [2.45, 2.75) is 6.04 Å². The summed E-state index contributed by atoms with van der Waals surface area (Å²) in [7, 11) is 0. The number of halogens is 3. The summed E-state index contributed by atoms with van der Waals surface area (Å²) in [6, 6.07) is 9.08. The number of fused-ring (bicyclic) bond motifs is 2. The van der Waals surface area contributed by atoms with Crippen LogP contribution in [-0.4, -0.2) is 36.3 Å². The quantitative estimate of drug-likeness (QED) is 0.347. The molecule has 5 aromatic rings. The summed E-state index contributed by atoms with van der Waals surface area (Å²) < 4.78 is 28.8. The predicted molar refractivity (Wildman–Crippen MR) is 120 cm³/mol. The second-order valence-electron chi connectivity index (χ2n) is 7.04. The molecule has 12 heteroatoms. The van der Waals surface area contributed by atoms with Crippen LogP contribution in [0.3, 0.4) is 0 Å². The normalized spacial score (nSPS) is 12.2. The third-order valence-electron chi connectivity index (χ3n) is 4.95. The number of anilines is 2. The molecule has 9 nitrogen and oxygen atoms in total. The van der Waals surface area contributed by atoms with Crippen LogP contribution in [0.25, 0.3) is 22.1 Å². The van der Waals surface area contributed by atoms with E-state index in [1.54, 1.807) is 18.2 Å². The third kappa shape index (κ3) is 3.82. The lowest BCUT2D eigenvalue weighted by molar-refractivity contribution is 0.435. The van der Waals surface area contributed by atoms with Crippen LogP contribution in [0.1, 0.15) is 11.9 Å². The molecule has 33 heavy (non-hydrogen) atoms. The number of aromatic amines is 1. The maximum Gasteiger partial charge on any atom is 0.281 e. The summed E-state index contributed by atoms with van der Waals surface area (Å²) in [5.74, 6) is -0.149. The highest BCUT2D eigenvalue weighted by molar-refractivity contribution is 6.35. The van der Waals surface area contributed by atoms with Crippen molar-refractivity contribution in [1.29, 1.82) is 0 Å². The van der Waals surface area contributed by atoms with E-state index in [-0.39, 0.29) is 22.1 Å². The zero-order valence-electron chi connectivity index (χ0n) is 16.8. The van der Waals surface area contributed by atoms with Gasteiger partial charge in [0.1, 0.15) is 30.4 Å². The lowest BCUT2D eigenvalue weighted by Gasteiger charge is -2.22. The predicted octanol–water partition coefficient (Wildman–Crippen LogP) is 3.85. The Hall–Kier alpha value is -4.12. The second kappa shape index (κ2) is 8.43. The van der Waals surface area contributed by atoms with E-state index >= 15 is 0 Å². The van der Waals surface area contributed by atoms with Gasteiger partial charge in [0.15, 0.2) is 17.3 Å². The molecule has 0 amide bonds. The Morgan fingerprint density at radius 1 is 1.12 bits per heavy atom. The van der Waals surface area contributed by atoms with E-state index in [0.717, 1.165) is 4.68 Å². The molecule has 0 saturated heterocycles. The number of aromatic nitrogens is 6. The maximum absolute atomic E-state index is 14.3. The van der Waals surface area contributed by atoms with E-state index in [0.29, 0.717) is 22.4 Å². The van der Waals surface area contributed by atoms with Gasteiger partial charge in [-0.1, -0.05) is 17.7 Å². The standard InChI is InChI=1S/C21H15ClF2N8O/c22-13-2-1-3-14-16(13)21(33)32(31-12-6-4-11(24)5-7-12)20(30-14)15(8-23)29-19-17-18(26-9-25-17)27-10-28-19/h1-7,9-10,15,31H,8H2,(H2,25,26,27,28,29). The van der Waals surface area contributed by atoms with Gasteiger partial charge in [0.2, 0.25) is 0 Å². The minimum Gasteiger partial charge on any atom is -0.356 e. The first-order valence-electron chi connectivity index (χ1n) is 9.75. The molecule has 0 bridgehead atoms. The summed E-state index contributed by atoms with van der Waals surface area (Å²) in [5, 5.41) is 3.31. The minimum absolute atomic E-state index is 0.0314. The van der Waals surface area contributed by atoms with Crippen molar-refractivity contribution in [3.05, 3.63) is 82.1 Å². The van der Waals surface area contributed by atoms with E-state index in [4.69, 9.17) is 11.6 Å². The molecular weight excluding hydrogens is 454 g/mol. The lowest BCUT2D eigenvalue weighted by atomic mass is 10.2. The zero-order chi connectivity index (χ0) is 22.9. The summed E-state index contributed by atoms with van der Waals surface area (Å²) >= 11 is 6.26. The van der Waals surface area contributed by atoms with Crippen molar-refractivity contribution in [2.24, 2.45) is 0 Å². The van der Waals surface area contributed by atoms with E-state index in [2.05, 4.69) is 35.7 Å². The van der Waals surface area contributed by atoms with Crippen LogP contribution in [0.15, 0.2) is 59.9 Å². The number of nitrogens with zero attached hydrogens (tertiary/aromatic N) is 5. The first-order chi connectivity index (χ1) is 16.0. The van der Waals surface area contributed by atoms with Crippen LogP contribution in [0.5, 0.6) is 0 Å². The van der Waals surface area contributed by atoms with Crippen LogP contribution < -0.4 is 16.3 Å². The molecule has 3 heterocycles. The van der Waals surface area contributed by atoms with Gasteiger partial charge in [0.05, 0.1) is 27.9 Å². The second-order valence-corrected chi connectivity index (χ2v) is 7.44. The Morgan fingerprint density at radius 3 is 2.73 bits per heavy atom. The highest BCUT2D eigenvalue weighted by Crippen LogP contribution is 2.25. The molecular formula is C21H15ClF2N8O. The van der Waals surface area contributed by atoms with Gasteiger partial charge in [-0.2, -0.15) is 0 Å². The zero-order valence-corrected chi connectivity index (χ0v) is 17.5. The van der Waals surface area contributed by atoms with Crippen molar-refractivity contribution in [2.75, 3.05) is 17.4 Å². The van der Waals surface area contributed by atoms with E-state index in [1.807, 2.05) is 0 Å². The van der Waals surface area contributed by atoms with Crippen LogP contribution >= 0.6 is 11.6 Å². The molecule has 166 valence electrons. The topological polar surface area (TPSA) is 113 Å². The number of benzene rings is 2. The number of hydrogen-bond acceptors (Lipinski definition) is 7. The molecule has 0 aliphatic heterocycles. The average Bonchev–Trinajstić information content (AvgIpc) is 3.30. The van der Waals surface area contributed by atoms with Crippen molar-refractivity contribution in [3.63, 3.8) is 0 Å². The number of imidazole rings is 1. The van der Waals surface area contributed by atoms with Gasteiger partial charge in [-0.05, 0) is 36.4 Å². The van der Waals surface area contributed by atoms with Crippen molar-refractivity contribution in [1.82, 2.24) is 29.6 Å². The summed E-state index contributed by atoms with van der Waals surface area (Å²) in [5.41, 5.74) is 3.89. The van der Waals surface area contributed by atoms with Gasteiger partial charge in [-0.25, -0.2) is 33.4 Å². The first kappa shape index (κ1) is 20.8. The summed E-state index contributed by atoms with van der Waals surface area (Å²) in [6.07, 6.45) is 2.74. The number of alkyl halides is 1. The van der Waals surface area contributed by atoms with Gasteiger partial charge in [-0.3, -0.25) is 10.2 Å². The van der Waals surface area contributed by atoms with Gasteiger partial charge in [0.25, 0.3) is 5.56 Å². The molecule has 0 saturated carbocycles. The Morgan fingerprint density at radius 2 is 1.94 bits per heavy atom. The smallest absolute Gasteiger partial charge is 0.281 e. The van der Waals surface area contributed by atoms with Crippen molar-refractivity contribution in [3.8, 4) is 0 Å². The largest absolute Gasteiger partial charge is 0.356 e. The van der Waals surface area contributed by atoms with Gasteiger partial charge in [0, 0.05) is 0 Å². The molecule has 0 aliphatic rings. The van der Waals surface area contributed by atoms with E-state index in [1.165, 1.54) is 36.9 Å². The molecule has 2 aromatic carbocycles. The summed E-state index contributed by atoms with van der Waals surface area (Å²) in [6.45, 7) is -0.931. The molecule has 0 fully saturated rings. The first-order valence-corrected chi connectivity index (χ1v) is 10.1. The monoisotopic (exact) mass is 468 g/mol. The highest BCUT2D eigenvalue weighted by atomic mass is 35.5. The number of H-pyrrole nitrogens is 1. The van der Waals surface area contributed by atoms with Crippen molar-refractivity contribution < 1.29 is 8.78 Å². The molecule has 1 atom stereocenters.